The summed E-state index contributed by atoms with van der Waals surface area (Å²) < 4.78 is 0. The Kier molecular flexibility index (Phi) is 181. The Morgan fingerprint density at radius 1 is 0.600 bits per heavy atom. The molecular formula is H10In2Sb2Se. The number of hydrogen-bond acceptors (Lipinski definition) is 0. The molecule has 0 aliphatic carbocycles. The van der Waals surface area contributed by atoms with Gasteiger partial charge in [0.25, 0.3) is 0 Å². The largest absolute Gasteiger partial charge is 0 e. The van der Waals surface area contributed by atoms with Gasteiger partial charge in [0.1, 0.15) is 0 Å². The topological polar surface area (TPSA) is 0 Å². The molecule has 0 aliphatic rings. The Balaban J connectivity index is 0. The molecule has 32 valence electrons. The zero-order valence-corrected chi connectivity index (χ0v) is 9.87. The molecule has 0 rings (SSSR count). The van der Waals surface area contributed by atoms with Crippen molar-refractivity contribution in [3.8, 4) is 0 Å². The Morgan fingerprint density at radius 3 is 0.600 bits per heavy atom. The van der Waals surface area contributed by atoms with Gasteiger partial charge in [0, 0.05) is 17.1 Å². The van der Waals surface area contributed by atoms with E-state index in [9.17, 15) is 0 Å². The quantitative estimate of drug-likeness (QED) is 0.261. The molecule has 0 N–H and O–H groups in total. The van der Waals surface area contributed by atoms with E-state index in [1.54, 1.807) is 0 Å². The molecule has 0 fully saturated rings. The van der Waals surface area contributed by atoms with Crippen LogP contribution in [-0.4, -0.2) is 118 Å². The van der Waals surface area contributed by atoms with Crippen molar-refractivity contribution in [2.24, 2.45) is 0 Å². The molecule has 0 amide bonds. The van der Waals surface area contributed by atoms with Crippen molar-refractivity contribution in [2.45, 2.75) is 0 Å². The van der Waals surface area contributed by atoms with Gasteiger partial charge in [-0.05, 0) is 0 Å². The summed E-state index contributed by atoms with van der Waals surface area (Å²) in [7, 11) is 0. The molecule has 0 aromatic heterocycles. The second-order valence-corrected chi connectivity index (χ2v) is 0. The van der Waals surface area contributed by atoms with E-state index in [1.165, 1.54) is 0 Å². The Labute approximate surface area is 115 Å². The first kappa shape index (κ1) is 36.5. The summed E-state index contributed by atoms with van der Waals surface area (Å²) in [5.41, 5.74) is 0. The van der Waals surface area contributed by atoms with Crippen molar-refractivity contribution in [2.75, 3.05) is 0 Å². The van der Waals surface area contributed by atoms with E-state index in [-0.39, 0.29) is 118 Å². The van der Waals surface area contributed by atoms with Crippen molar-refractivity contribution < 1.29 is 0 Å². The van der Waals surface area contributed by atoms with Gasteiger partial charge in [-0.2, -0.15) is 0 Å². The van der Waals surface area contributed by atoms with Crippen LogP contribution >= 0.6 is 0 Å². The first-order valence-electron chi connectivity index (χ1n) is 0. The van der Waals surface area contributed by atoms with Crippen LogP contribution < -0.4 is 0 Å². The Morgan fingerprint density at radius 2 is 0.600 bits per heavy atom. The van der Waals surface area contributed by atoms with Crippen molar-refractivity contribution in [3.63, 3.8) is 0 Å². The molecule has 0 unspecified atom stereocenters. The third-order valence-corrected chi connectivity index (χ3v) is 0. The molecule has 5 heavy (non-hydrogen) atoms. The molecule has 0 saturated heterocycles. The van der Waals surface area contributed by atoms with Gasteiger partial charge >= 0.3 is 101 Å². The summed E-state index contributed by atoms with van der Waals surface area (Å²) in [6, 6.07) is 0. The first-order chi connectivity index (χ1) is 0. The molecule has 0 nitrogen and oxygen atoms in total. The third kappa shape index (κ3) is 18.1. The molecule has 0 saturated carbocycles. The summed E-state index contributed by atoms with van der Waals surface area (Å²) in [5, 5.41) is 0. The molecule has 4 radical (unpaired) electrons. The fraction of sp³-hybridized carbons (Fsp3) is 0. The van der Waals surface area contributed by atoms with Gasteiger partial charge in [-0.1, -0.05) is 0 Å². The monoisotopic (exact) mass is 562 g/mol. The predicted octanol–water partition coefficient (Wildman–Crippen LogP) is -4.58. The molecule has 0 heterocycles. The van der Waals surface area contributed by atoms with Crippen LogP contribution in [0.2, 0.25) is 0 Å². The van der Waals surface area contributed by atoms with E-state index in [1.807, 2.05) is 0 Å². The van der Waals surface area contributed by atoms with Crippen LogP contribution in [0, 0.1) is 0 Å². The summed E-state index contributed by atoms with van der Waals surface area (Å²) in [6.45, 7) is 0. The third-order valence-electron chi connectivity index (χ3n) is 0. The molecule has 5 heteroatoms. The minimum atomic E-state index is 0. The van der Waals surface area contributed by atoms with Gasteiger partial charge in [-0.15, -0.1) is 0 Å². The fourth-order valence-electron chi connectivity index (χ4n) is 0. The van der Waals surface area contributed by atoms with E-state index in [2.05, 4.69) is 0 Å². The van der Waals surface area contributed by atoms with Gasteiger partial charge in [0.05, 0.1) is 0 Å². The predicted molar refractivity (Wildman–Crippen MR) is 42.7 cm³/mol. The molecule has 0 aromatic rings. The maximum absolute atomic E-state index is 0. The standard InChI is InChI=1S/2In.2Sb.Se.10H. The van der Waals surface area contributed by atoms with E-state index < -0.39 is 0 Å². The van der Waals surface area contributed by atoms with E-state index in [4.69, 9.17) is 0 Å². The molecule has 0 aromatic carbocycles. The average molecular weight is 562 g/mol. The van der Waals surface area contributed by atoms with Crippen LogP contribution in [0.3, 0.4) is 0 Å². The SMILES string of the molecule is [InH3].[InH3].[SbH2].[SbH2].[Se]. The maximum Gasteiger partial charge on any atom is 0 e. The average Bonchev–Trinajstić information content (AvgIpc) is 0. The van der Waals surface area contributed by atoms with Crippen LogP contribution in [0.25, 0.3) is 0 Å². The summed E-state index contributed by atoms with van der Waals surface area (Å²) >= 11 is 0. The van der Waals surface area contributed by atoms with Gasteiger partial charge in [0.15, 0.2) is 0 Å². The fourth-order valence-corrected chi connectivity index (χ4v) is 0. The normalized spacial score (nSPS) is 0. The smallest absolute Gasteiger partial charge is 0 e. The van der Waals surface area contributed by atoms with Gasteiger partial charge in [-0.25, -0.2) is 0 Å². The zero-order chi connectivity index (χ0) is 0. The second-order valence-electron chi connectivity index (χ2n) is 0. The van der Waals surface area contributed by atoms with Gasteiger partial charge in [0.2, 0.25) is 0 Å². The molecular weight excluding hydrogens is 552 g/mol. The van der Waals surface area contributed by atoms with Crippen LogP contribution in [0.15, 0.2) is 0 Å². The van der Waals surface area contributed by atoms with Gasteiger partial charge in [-0.3, -0.25) is 0 Å². The zero-order valence-electron chi connectivity index (χ0n) is 1.56. The summed E-state index contributed by atoms with van der Waals surface area (Å²) in [5.74, 6) is 0. The summed E-state index contributed by atoms with van der Waals surface area (Å²) in [6.07, 6.45) is 0. The van der Waals surface area contributed by atoms with Crippen LogP contribution in [0.4, 0.5) is 0 Å². The van der Waals surface area contributed by atoms with Crippen molar-refractivity contribution in [1.82, 2.24) is 0 Å². The molecule has 0 atom stereocenters. The van der Waals surface area contributed by atoms with Crippen molar-refractivity contribution in [3.05, 3.63) is 0 Å². The van der Waals surface area contributed by atoms with Crippen LogP contribution in [0.1, 0.15) is 0 Å². The molecule has 0 spiro atoms. The Hall–Kier alpha value is 3.90. The number of rotatable bonds is 0. The van der Waals surface area contributed by atoms with Crippen LogP contribution in [-0.2, 0) is 0 Å². The minimum absolute atomic E-state index is 0. The first-order valence-corrected chi connectivity index (χ1v) is 0. The summed E-state index contributed by atoms with van der Waals surface area (Å²) in [4.78, 5) is 0. The van der Waals surface area contributed by atoms with E-state index >= 15 is 0 Å². The van der Waals surface area contributed by atoms with Crippen molar-refractivity contribution in [1.29, 1.82) is 0 Å². The minimum Gasteiger partial charge on any atom is 0 e. The second kappa shape index (κ2) is 24.7. The Bertz CT molecular complexity index is 7.61. The van der Waals surface area contributed by atoms with E-state index in [0.29, 0.717) is 0 Å². The van der Waals surface area contributed by atoms with Crippen LogP contribution in [0.5, 0.6) is 0 Å². The number of hydrogen-bond donors (Lipinski definition) is 0. The van der Waals surface area contributed by atoms with Crippen molar-refractivity contribution >= 4 is 118 Å². The van der Waals surface area contributed by atoms with E-state index in [0.717, 1.165) is 0 Å². The maximum atomic E-state index is 0. The molecule has 0 bridgehead atoms. The van der Waals surface area contributed by atoms with Gasteiger partial charge < -0.3 is 0 Å². The molecule has 0 aliphatic heterocycles.